The summed E-state index contributed by atoms with van der Waals surface area (Å²) in [6.07, 6.45) is 2.86. The molecule has 1 aromatic heterocycles. The third kappa shape index (κ3) is 3.88. The summed E-state index contributed by atoms with van der Waals surface area (Å²) in [5.41, 5.74) is 4.79. The maximum absolute atomic E-state index is 6.02. The molecule has 0 amide bonds. The lowest BCUT2D eigenvalue weighted by atomic mass is 10.1. The lowest BCUT2D eigenvalue weighted by Crippen LogP contribution is -2.14. The Balaban J connectivity index is 2.04. The van der Waals surface area contributed by atoms with E-state index in [2.05, 4.69) is 45.1 Å². The van der Waals surface area contributed by atoms with Crippen molar-refractivity contribution in [3.8, 4) is 5.75 Å². The highest BCUT2D eigenvalue weighted by Gasteiger charge is 2.10. The number of ether oxygens (including phenoxy) is 1. The van der Waals surface area contributed by atoms with Gasteiger partial charge in [0.15, 0.2) is 0 Å². The molecule has 0 fully saturated rings. The molecule has 0 radical (unpaired) electrons. The van der Waals surface area contributed by atoms with Crippen LogP contribution < -0.4 is 10.1 Å². The van der Waals surface area contributed by atoms with Crippen LogP contribution >= 0.6 is 0 Å². The van der Waals surface area contributed by atoms with Crippen LogP contribution in [0.3, 0.4) is 0 Å². The molecule has 1 N–H and O–H groups in total. The molecule has 0 saturated heterocycles. The summed E-state index contributed by atoms with van der Waals surface area (Å²) in [5.74, 6) is 1.87. The fourth-order valence-corrected chi connectivity index (χ4v) is 2.34. The largest absolute Gasteiger partial charge is 0.485 e. The molecule has 3 nitrogen and oxygen atoms in total. The molecule has 0 unspecified atom stereocenters. The van der Waals surface area contributed by atoms with E-state index in [4.69, 9.17) is 9.15 Å². The summed E-state index contributed by atoms with van der Waals surface area (Å²) in [6.45, 7) is 10.8. The minimum Gasteiger partial charge on any atom is -0.485 e. The molecular formula is C18H25NO2. The second-order valence-electron chi connectivity index (χ2n) is 5.49. The summed E-state index contributed by atoms with van der Waals surface area (Å²) in [5, 5.41) is 3.39. The molecule has 0 bridgehead atoms. The molecule has 2 aromatic rings. The Labute approximate surface area is 127 Å². The molecule has 0 aliphatic heterocycles. The maximum atomic E-state index is 6.02. The molecule has 114 valence electrons. The first-order valence-electron chi connectivity index (χ1n) is 7.59. The van der Waals surface area contributed by atoms with Gasteiger partial charge in [-0.25, -0.2) is 0 Å². The average Bonchev–Trinajstić information content (AvgIpc) is 2.91. The van der Waals surface area contributed by atoms with Crippen molar-refractivity contribution in [1.82, 2.24) is 5.32 Å². The maximum Gasteiger partial charge on any atom is 0.146 e. The molecule has 2 rings (SSSR count). The molecule has 0 atom stereocenters. The minimum absolute atomic E-state index is 0.473. The zero-order chi connectivity index (χ0) is 15.2. The molecule has 0 spiro atoms. The van der Waals surface area contributed by atoms with Crippen LogP contribution in [0.5, 0.6) is 5.75 Å². The highest BCUT2D eigenvalue weighted by Crippen LogP contribution is 2.27. The van der Waals surface area contributed by atoms with Crippen LogP contribution in [0.25, 0.3) is 0 Å². The first-order chi connectivity index (χ1) is 10.1. The predicted molar refractivity (Wildman–Crippen MR) is 85.7 cm³/mol. The number of aryl methyl sites for hydroxylation is 2. The summed E-state index contributed by atoms with van der Waals surface area (Å²) in [6, 6.07) is 6.24. The fraction of sp³-hybridized carbons (Fsp3) is 0.444. The Hall–Kier alpha value is -1.74. The third-order valence-electron chi connectivity index (χ3n) is 3.80. The standard InChI is InChI=1S/C18H25NO2/c1-5-9-19-11-16-8-10-20-17(16)12-21-18-14(3)7-6-13(2)15(18)4/h6-8,10,19H,5,9,11-12H2,1-4H3. The number of hydrogen-bond donors (Lipinski definition) is 1. The van der Waals surface area contributed by atoms with E-state index in [0.29, 0.717) is 6.61 Å². The Bertz CT molecular complexity index is 587. The van der Waals surface area contributed by atoms with E-state index in [0.717, 1.165) is 36.6 Å². The van der Waals surface area contributed by atoms with Crippen molar-refractivity contribution >= 4 is 0 Å². The van der Waals surface area contributed by atoms with E-state index >= 15 is 0 Å². The normalized spacial score (nSPS) is 10.9. The van der Waals surface area contributed by atoms with E-state index in [1.807, 2.05) is 6.07 Å². The Morgan fingerprint density at radius 3 is 2.62 bits per heavy atom. The average molecular weight is 287 g/mol. The summed E-state index contributed by atoms with van der Waals surface area (Å²) in [4.78, 5) is 0. The van der Waals surface area contributed by atoms with Crippen LogP contribution in [0.4, 0.5) is 0 Å². The van der Waals surface area contributed by atoms with Crippen LogP contribution in [-0.2, 0) is 13.2 Å². The van der Waals surface area contributed by atoms with Crippen LogP contribution in [0.2, 0.25) is 0 Å². The minimum atomic E-state index is 0.473. The van der Waals surface area contributed by atoms with Gasteiger partial charge < -0.3 is 14.5 Å². The van der Waals surface area contributed by atoms with Crippen molar-refractivity contribution in [3.05, 3.63) is 52.5 Å². The van der Waals surface area contributed by atoms with E-state index in [1.54, 1.807) is 6.26 Å². The first kappa shape index (κ1) is 15.6. The van der Waals surface area contributed by atoms with Crippen molar-refractivity contribution in [1.29, 1.82) is 0 Å². The van der Waals surface area contributed by atoms with Gasteiger partial charge in [0, 0.05) is 12.1 Å². The molecular weight excluding hydrogens is 262 g/mol. The van der Waals surface area contributed by atoms with E-state index in [1.165, 1.54) is 16.7 Å². The number of furan rings is 1. The summed E-state index contributed by atoms with van der Waals surface area (Å²) >= 11 is 0. The van der Waals surface area contributed by atoms with Gasteiger partial charge in [0.25, 0.3) is 0 Å². The quantitative estimate of drug-likeness (QED) is 0.772. The van der Waals surface area contributed by atoms with Crippen molar-refractivity contribution < 1.29 is 9.15 Å². The Morgan fingerprint density at radius 1 is 1.10 bits per heavy atom. The second-order valence-corrected chi connectivity index (χ2v) is 5.49. The zero-order valence-electron chi connectivity index (χ0n) is 13.5. The molecule has 1 aromatic carbocycles. The summed E-state index contributed by atoms with van der Waals surface area (Å²) < 4.78 is 11.6. The zero-order valence-corrected chi connectivity index (χ0v) is 13.5. The van der Waals surface area contributed by atoms with Crippen LogP contribution in [0.15, 0.2) is 28.9 Å². The van der Waals surface area contributed by atoms with Gasteiger partial charge in [0.05, 0.1) is 6.26 Å². The van der Waals surface area contributed by atoms with Gasteiger partial charge >= 0.3 is 0 Å². The van der Waals surface area contributed by atoms with Crippen LogP contribution in [0.1, 0.15) is 41.4 Å². The number of benzene rings is 1. The number of nitrogens with one attached hydrogen (secondary N) is 1. The fourth-order valence-electron chi connectivity index (χ4n) is 2.34. The number of hydrogen-bond acceptors (Lipinski definition) is 3. The van der Waals surface area contributed by atoms with Gasteiger partial charge in [-0.1, -0.05) is 19.1 Å². The predicted octanol–water partition coefficient (Wildman–Crippen LogP) is 4.28. The molecule has 3 heteroatoms. The Morgan fingerprint density at radius 2 is 1.86 bits per heavy atom. The highest BCUT2D eigenvalue weighted by molar-refractivity contribution is 5.44. The molecule has 1 heterocycles. The molecule has 0 saturated carbocycles. The van der Waals surface area contributed by atoms with Gasteiger partial charge in [-0.3, -0.25) is 0 Å². The van der Waals surface area contributed by atoms with Gasteiger partial charge in [0.2, 0.25) is 0 Å². The monoisotopic (exact) mass is 287 g/mol. The van der Waals surface area contributed by atoms with Gasteiger partial charge in [0.1, 0.15) is 18.1 Å². The van der Waals surface area contributed by atoms with Crippen LogP contribution in [0, 0.1) is 20.8 Å². The van der Waals surface area contributed by atoms with Gasteiger partial charge in [-0.05, 0) is 56.5 Å². The summed E-state index contributed by atoms with van der Waals surface area (Å²) in [7, 11) is 0. The lowest BCUT2D eigenvalue weighted by Gasteiger charge is -2.13. The topological polar surface area (TPSA) is 34.4 Å². The lowest BCUT2D eigenvalue weighted by molar-refractivity contribution is 0.264. The van der Waals surface area contributed by atoms with Crippen molar-refractivity contribution in [2.24, 2.45) is 0 Å². The van der Waals surface area contributed by atoms with E-state index < -0.39 is 0 Å². The van der Waals surface area contributed by atoms with Gasteiger partial charge in [-0.2, -0.15) is 0 Å². The van der Waals surface area contributed by atoms with E-state index in [-0.39, 0.29) is 0 Å². The first-order valence-corrected chi connectivity index (χ1v) is 7.59. The Kier molecular flexibility index (Phi) is 5.45. The van der Waals surface area contributed by atoms with Crippen molar-refractivity contribution in [2.45, 2.75) is 47.3 Å². The molecule has 0 aliphatic rings. The van der Waals surface area contributed by atoms with Crippen molar-refractivity contribution in [2.75, 3.05) is 6.54 Å². The SMILES string of the molecule is CCCNCc1ccoc1COc1c(C)ccc(C)c1C. The van der Waals surface area contributed by atoms with Crippen molar-refractivity contribution in [3.63, 3.8) is 0 Å². The van der Waals surface area contributed by atoms with Gasteiger partial charge in [-0.15, -0.1) is 0 Å². The number of rotatable bonds is 7. The molecule has 0 aliphatic carbocycles. The smallest absolute Gasteiger partial charge is 0.146 e. The van der Waals surface area contributed by atoms with E-state index in [9.17, 15) is 0 Å². The van der Waals surface area contributed by atoms with Crippen LogP contribution in [-0.4, -0.2) is 6.54 Å². The second kappa shape index (κ2) is 7.32. The molecule has 21 heavy (non-hydrogen) atoms. The third-order valence-corrected chi connectivity index (χ3v) is 3.80. The highest BCUT2D eigenvalue weighted by atomic mass is 16.5.